The molecule has 4 rings (SSSR count). The molecule has 0 aliphatic heterocycles. The van der Waals surface area contributed by atoms with E-state index in [4.69, 9.17) is 9.47 Å². The van der Waals surface area contributed by atoms with Gasteiger partial charge in [-0.15, -0.1) is 0 Å². The van der Waals surface area contributed by atoms with Gasteiger partial charge in [-0.25, -0.2) is 9.78 Å². The van der Waals surface area contributed by atoms with E-state index in [1.807, 2.05) is 54.6 Å². The number of hydrogen-bond acceptors (Lipinski definition) is 6. The largest absolute Gasteiger partial charge is 0.490 e. The number of aromatic nitrogens is 4. The molecule has 0 N–H and O–H groups in total. The minimum absolute atomic E-state index is 0.0579. The number of aryl methyl sites for hydroxylation is 1. The zero-order valence-electron chi connectivity index (χ0n) is 17.7. The van der Waals surface area contributed by atoms with Gasteiger partial charge in [-0.05, 0) is 23.3 Å². The van der Waals surface area contributed by atoms with Crippen molar-refractivity contribution >= 4 is 17.1 Å². The molecule has 0 saturated heterocycles. The molecule has 0 bridgehead atoms. The summed E-state index contributed by atoms with van der Waals surface area (Å²) in [4.78, 5) is 40.7. The number of carbonyl (C=O) groups is 1. The van der Waals surface area contributed by atoms with Crippen molar-refractivity contribution in [1.82, 2.24) is 18.7 Å². The van der Waals surface area contributed by atoms with Crippen LogP contribution in [0.4, 0.5) is 0 Å². The van der Waals surface area contributed by atoms with E-state index in [0.29, 0.717) is 5.75 Å². The average molecular weight is 434 g/mol. The molecule has 0 unspecified atom stereocenters. The van der Waals surface area contributed by atoms with Crippen LogP contribution in [0, 0.1) is 0 Å². The van der Waals surface area contributed by atoms with Gasteiger partial charge in [-0.3, -0.25) is 18.7 Å². The summed E-state index contributed by atoms with van der Waals surface area (Å²) < 4.78 is 14.5. The van der Waals surface area contributed by atoms with Crippen molar-refractivity contribution in [3.05, 3.63) is 81.8 Å². The predicted molar refractivity (Wildman–Crippen MR) is 119 cm³/mol. The maximum atomic E-state index is 12.4. The fourth-order valence-corrected chi connectivity index (χ4v) is 3.39. The Morgan fingerprint density at radius 2 is 1.59 bits per heavy atom. The summed E-state index contributed by atoms with van der Waals surface area (Å²) in [5, 5.41) is 0. The van der Waals surface area contributed by atoms with Crippen molar-refractivity contribution in [2.45, 2.75) is 6.54 Å². The minimum atomic E-state index is -0.539. The fourth-order valence-electron chi connectivity index (χ4n) is 3.39. The second kappa shape index (κ2) is 8.93. The Morgan fingerprint density at radius 1 is 0.906 bits per heavy atom. The van der Waals surface area contributed by atoms with Gasteiger partial charge in [0.2, 0.25) is 0 Å². The fraction of sp³-hybridized carbons (Fsp3) is 0.217. The Labute approximate surface area is 183 Å². The van der Waals surface area contributed by atoms with E-state index < -0.39 is 17.2 Å². The molecule has 0 amide bonds. The SMILES string of the molecule is Cn1c(=O)c2c(ncn2CC(=O)OCCOc2ccc(-c3ccccc3)cc2)n(C)c1=O. The Hall–Kier alpha value is -4.14. The van der Waals surface area contributed by atoms with Crippen LogP contribution in [0.25, 0.3) is 22.3 Å². The highest BCUT2D eigenvalue weighted by molar-refractivity contribution is 5.75. The Kier molecular flexibility index (Phi) is 5.89. The topological polar surface area (TPSA) is 97.3 Å². The molecule has 4 aromatic rings. The first-order valence-electron chi connectivity index (χ1n) is 10.0. The van der Waals surface area contributed by atoms with Gasteiger partial charge in [0, 0.05) is 14.1 Å². The first-order chi connectivity index (χ1) is 15.5. The van der Waals surface area contributed by atoms with Gasteiger partial charge < -0.3 is 14.0 Å². The number of ether oxygens (including phenoxy) is 2. The molecule has 9 heteroatoms. The van der Waals surface area contributed by atoms with Crippen molar-refractivity contribution in [1.29, 1.82) is 0 Å². The molecule has 0 aliphatic rings. The molecule has 2 aromatic carbocycles. The number of rotatable bonds is 7. The quantitative estimate of drug-likeness (QED) is 0.325. The molecule has 0 atom stereocenters. The lowest BCUT2D eigenvalue weighted by molar-refractivity contribution is -0.145. The summed E-state index contributed by atoms with van der Waals surface area (Å²) in [6.07, 6.45) is 1.34. The van der Waals surface area contributed by atoms with Crippen molar-refractivity contribution in [2.24, 2.45) is 14.1 Å². The van der Waals surface area contributed by atoms with E-state index in [0.717, 1.165) is 15.7 Å². The Balaban J connectivity index is 1.32. The van der Waals surface area contributed by atoms with Crippen LogP contribution in [0.1, 0.15) is 0 Å². The van der Waals surface area contributed by atoms with Crippen LogP contribution >= 0.6 is 0 Å². The number of nitrogens with zero attached hydrogens (tertiary/aromatic N) is 4. The van der Waals surface area contributed by atoms with Gasteiger partial charge >= 0.3 is 11.7 Å². The predicted octanol–water partition coefficient (Wildman–Crippen LogP) is 1.72. The van der Waals surface area contributed by atoms with Crippen LogP contribution in [-0.4, -0.2) is 37.9 Å². The smallest absolute Gasteiger partial charge is 0.332 e. The van der Waals surface area contributed by atoms with Crippen LogP contribution in [0.2, 0.25) is 0 Å². The minimum Gasteiger partial charge on any atom is -0.490 e. The molecule has 0 saturated carbocycles. The van der Waals surface area contributed by atoms with Crippen LogP contribution in [0.3, 0.4) is 0 Å². The second-order valence-corrected chi connectivity index (χ2v) is 7.21. The Morgan fingerprint density at radius 3 is 2.31 bits per heavy atom. The maximum Gasteiger partial charge on any atom is 0.332 e. The molecule has 0 aliphatic carbocycles. The molecule has 0 fully saturated rings. The monoisotopic (exact) mass is 434 g/mol. The molecule has 32 heavy (non-hydrogen) atoms. The van der Waals surface area contributed by atoms with Crippen LogP contribution in [-0.2, 0) is 30.2 Å². The molecule has 164 valence electrons. The summed E-state index contributed by atoms with van der Waals surface area (Å²) in [5.74, 6) is 0.133. The molecule has 0 spiro atoms. The summed E-state index contributed by atoms with van der Waals surface area (Å²) in [6.45, 7) is 0.0511. The standard InChI is InChI=1S/C23H22N4O5/c1-25-21-20(22(29)26(2)23(25)30)27(15-24-21)14-19(28)32-13-12-31-18-10-8-17(9-11-18)16-6-4-3-5-7-16/h3-11,15H,12-14H2,1-2H3. The van der Waals surface area contributed by atoms with Gasteiger partial charge in [-0.2, -0.15) is 0 Å². The molecular weight excluding hydrogens is 412 g/mol. The summed E-state index contributed by atoms with van der Waals surface area (Å²) in [6, 6.07) is 17.7. The van der Waals surface area contributed by atoms with E-state index in [1.165, 1.54) is 29.6 Å². The van der Waals surface area contributed by atoms with Crippen molar-refractivity contribution in [3.8, 4) is 16.9 Å². The number of imidazole rings is 1. The van der Waals surface area contributed by atoms with E-state index in [-0.39, 0.29) is 30.9 Å². The third kappa shape index (κ3) is 4.18. The summed E-state index contributed by atoms with van der Waals surface area (Å²) in [5.41, 5.74) is 1.59. The molecule has 2 aromatic heterocycles. The van der Waals surface area contributed by atoms with Gasteiger partial charge in [0.25, 0.3) is 5.56 Å². The van der Waals surface area contributed by atoms with Gasteiger partial charge in [0.15, 0.2) is 11.2 Å². The normalized spacial score (nSPS) is 10.9. The third-order valence-corrected chi connectivity index (χ3v) is 5.09. The lowest BCUT2D eigenvalue weighted by Crippen LogP contribution is -2.37. The van der Waals surface area contributed by atoms with Gasteiger partial charge in [0.1, 0.15) is 25.5 Å². The number of benzene rings is 2. The van der Waals surface area contributed by atoms with Crippen LogP contribution in [0.5, 0.6) is 5.75 Å². The van der Waals surface area contributed by atoms with Gasteiger partial charge in [0.05, 0.1) is 6.33 Å². The zero-order chi connectivity index (χ0) is 22.7. The van der Waals surface area contributed by atoms with Crippen LogP contribution in [0.15, 0.2) is 70.5 Å². The second-order valence-electron chi connectivity index (χ2n) is 7.21. The molecule has 2 heterocycles. The lowest BCUT2D eigenvalue weighted by atomic mass is 10.1. The number of carbonyl (C=O) groups excluding carboxylic acids is 1. The summed E-state index contributed by atoms with van der Waals surface area (Å²) >= 11 is 0. The van der Waals surface area contributed by atoms with E-state index >= 15 is 0 Å². The summed E-state index contributed by atoms with van der Waals surface area (Å²) in [7, 11) is 2.90. The van der Waals surface area contributed by atoms with E-state index in [9.17, 15) is 14.4 Å². The highest BCUT2D eigenvalue weighted by Gasteiger charge is 2.16. The third-order valence-electron chi connectivity index (χ3n) is 5.09. The molecular formula is C23H22N4O5. The van der Waals surface area contributed by atoms with Crippen molar-refractivity contribution < 1.29 is 14.3 Å². The Bertz CT molecular complexity index is 1370. The molecule has 0 radical (unpaired) electrons. The zero-order valence-corrected chi connectivity index (χ0v) is 17.7. The maximum absolute atomic E-state index is 12.4. The van der Waals surface area contributed by atoms with Gasteiger partial charge in [-0.1, -0.05) is 42.5 Å². The highest BCUT2D eigenvalue weighted by Crippen LogP contribution is 2.21. The van der Waals surface area contributed by atoms with E-state index in [1.54, 1.807) is 0 Å². The number of esters is 1. The first-order valence-corrected chi connectivity index (χ1v) is 10.0. The van der Waals surface area contributed by atoms with Crippen LogP contribution < -0.4 is 16.0 Å². The first kappa shape index (κ1) is 21.1. The highest BCUT2D eigenvalue weighted by atomic mass is 16.6. The lowest BCUT2D eigenvalue weighted by Gasteiger charge is -2.09. The number of hydrogen-bond donors (Lipinski definition) is 0. The van der Waals surface area contributed by atoms with Crippen molar-refractivity contribution in [2.75, 3.05) is 13.2 Å². The molecule has 9 nitrogen and oxygen atoms in total. The van der Waals surface area contributed by atoms with E-state index in [2.05, 4.69) is 4.98 Å². The van der Waals surface area contributed by atoms with Crippen molar-refractivity contribution in [3.63, 3.8) is 0 Å². The average Bonchev–Trinajstić information content (AvgIpc) is 3.23. The number of fused-ring (bicyclic) bond motifs is 1.